The van der Waals surface area contributed by atoms with Crippen LogP contribution >= 0.6 is 0 Å². The van der Waals surface area contributed by atoms with Crippen LogP contribution in [0.2, 0.25) is 0 Å². The molecule has 2 aromatic carbocycles. The lowest BCUT2D eigenvalue weighted by Gasteiger charge is -2.10. The summed E-state index contributed by atoms with van der Waals surface area (Å²) in [7, 11) is 0. The Kier molecular flexibility index (Phi) is 2.95. The Hall–Kier alpha value is -2.68. The van der Waals surface area contributed by atoms with Crippen LogP contribution in [0.4, 0.5) is 0 Å². The van der Waals surface area contributed by atoms with Gasteiger partial charge in [0.2, 0.25) is 0 Å². The van der Waals surface area contributed by atoms with E-state index in [2.05, 4.69) is 4.98 Å². The molecule has 1 aromatic heterocycles. The maximum absolute atomic E-state index is 11.5. The lowest BCUT2D eigenvalue weighted by Crippen LogP contribution is -2.02. The minimum Gasteiger partial charge on any atom is -0.478 e. The van der Waals surface area contributed by atoms with Crippen LogP contribution in [0, 0.1) is 6.92 Å². The number of fused-ring (bicyclic) bond motifs is 1. The van der Waals surface area contributed by atoms with Crippen molar-refractivity contribution in [3.63, 3.8) is 0 Å². The minimum absolute atomic E-state index is 0.231. The highest BCUT2D eigenvalue weighted by atomic mass is 16.4. The van der Waals surface area contributed by atoms with Crippen molar-refractivity contribution in [3.05, 3.63) is 65.9 Å². The van der Waals surface area contributed by atoms with Crippen LogP contribution in [0.25, 0.3) is 22.0 Å². The molecule has 0 atom stereocenters. The van der Waals surface area contributed by atoms with Gasteiger partial charge in [-0.25, -0.2) is 4.79 Å². The van der Waals surface area contributed by atoms with Crippen molar-refractivity contribution in [1.82, 2.24) is 4.98 Å². The summed E-state index contributed by atoms with van der Waals surface area (Å²) < 4.78 is 0. The monoisotopic (exact) mass is 263 g/mol. The van der Waals surface area contributed by atoms with Gasteiger partial charge < -0.3 is 5.11 Å². The molecule has 0 saturated heterocycles. The van der Waals surface area contributed by atoms with Gasteiger partial charge in [-0.2, -0.15) is 0 Å². The Balaban J connectivity index is 2.44. The fourth-order valence-electron chi connectivity index (χ4n) is 2.38. The highest BCUT2D eigenvalue weighted by Crippen LogP contribution is 2.31. The summed E-state index contributed by atoms with van der Waals surface area (Å²) in [5.41, 5.74) is 3.74. The molecule has 3 rings (SSSR count). The zero-order valence-corrected chi connectivity index (χ0v) is 11.0. The number of rotatable bonds is 2. The van der Waals surface area contributed by atoms with Crippen LogP contribution in [0.5, 0.6) is 0 Å². The third-order valence-corrected chi connectivity index (χ3v) is 3.32. The molecule has 0 aliphatic carbocycles. The number of benzene rings is 2. The number of aryl methyl sites for hydroxylation is 1. The SMILES string of the molecule is Cc1ccc2ncc(C(=O)O)c(-c3ccccc3)c2c1. The van der Waals surface area contributed by atoms with Crippen LogP contribution in [0.3, 0.4) is 0 Å². The molecule has 0 saturated carbocycles. The molecule has 1 heterocycles. The molecule has 1 N–H and O–H groups in total. The van der Waals surface area contributed by atoms with Gasteiger partial charge in [0.1, 0.15) is 0 Å². The predicted octanol–water partition coefficient (Wildman–Crippen LogP) is 3.91. The highest BCUT2D eigenvalue weighted by Gasteiger charge is 2.16. The third kappa shape index (κ3) is 2.03. The van der Waals surface area contributed by atoms with Gasteiger partial charge >= 0.3 is 5.97 Å². The molecule has 0 radical (unpaired) electrons. The highest BCUT2D eigenvalue weighted by molar-refractivity contribution is 6.06. The van der Waals surface area contributed by atoms with Gasteiger partial charge in [0, 0.05) is 17.1 Å². The van der Waals surface area contributed by atoms with Crippen molar-refractivity contribution < 1.29 is 9.90 Å². The Morgan fingerprint density at radius 3 is 2.55 bits per heavy atom. The molecule has 3 heteroatoms. The Morgan fingerprint density at radius 1 is 1.10 bits per heavy atom. The van der Waals surface area contributed by atoms with Gasteiger partial charge in [0.05, 0.1) is 11.1 Å². The van der Waals surface area contributed by atoms with Crippen molar-refractivity contribution in [3.8, 4) is 11.1 Å². The molecule has 20 heavy (non-hydrogen) atoms. The molecule has 0 fully saturated rings. The van der Waals surface area contributed by atoms with E-state index in [1.54, 1.807) is 0 Å². The lowest BCUT2D eigenvalue weighted by molar-refractivity contribution is 0.0697. The first kappa shape index (κ1) is 12.4. The maximum Gasteiger partial charge on any atom is 0.337 e. The quantitative estimate of drug-likeness (QED) is 0.762. The summed E-state index contributed by atoms with van der Waals surface area (Å²) in [6.07, 6.45) is 1.43. The summed E-state index contributed by atoms with van der Waals surface area (Å²) in [6, 6.07) is 15.4. The molecule has 98 valence electrons. The number of carboxylic acid groups (broad SMARTS) is 1. The van der Waals surface area contributed by atoms with Crippen molar-refractivity contribution in [1.29, 1.82) is 0 Å². The van der Waals surface area contributed by atoms with Crippen LogP contribution < -0.4 is 0 Å². The van der Waals surface area contributed by atoms with Crippen molar-refractivity contribution in [2.75, 3.05) is 0 Å². The number of carbonyl (C=O) groups is 1. The average Bonchev–Trinajstić information content (AvgIpc) is 2.46. The number of carboxylic acids is 1. The van der Waals surface area contributed by atoms with Crippen LogP contribution in [0.1, 0.15) is 15.9 Å². The van der Waals surface area contributed by atoms with Gasteiger partial charge in [-0.05, 0) is 24.6 Å². The Morgan fingerprint density at radius 2 is 1.85 bits per heavy atom. The lowest BCUT2D eigenvalue weighted by atomic mass is 9.95. The molecule has 0 amide bonds. The third-order valence-electron chi connectivity index (χ3n) is 3.32. The minimum atomic E-state index is -0.959. The molecular formula is C17H13NO2. The van der Waals surface area contributed by atoms with Gasteiger partial charge in [-0.1, -0.05) is 42.0 Å². The smallest absolute Gasteiger partial charge is 0.337 e. The second-order valence-corrected chi connectivity index (χ2v) is 4.74. The van der Waals surface area contributed by atoms with E-state index in [1.807, 2.05) is 55.5 Å². The molecule has 0 bridgehead atoms. The summed E-state index contributed by atoms with van der Waals surface area (Å²) in [5.74, 6) is -0.959. The van der Waals surface area contributed by atoms with Gasteiger partial charge in [-0.15, -0.1) is 0 Å². The topological polar surface area (TPSA) is 50.2 Å². The number of aromatic nitrogens is 1. The van der Waals surface area contributed by atoms with Gasteiger partial charge in [0.25, 0.3) is 0 Å². The summed E-state index contributed by atoms with van der Waals surface area (Å²) in [4.78, 5) is 15.7. The molecule has 0 aliphatic heterocycles. The Bertz CT molecular complexity index is 795. The predicted molar refractivity (Wildman–Crippen MR) is 78.9 cm³/mol. The van der Waals surface area contributed by atoms with Gasteiger partial charge in [-0.3, -0.25) is 4.98 Å². The summed E-state index contributed by atoms with van der Waals surface area (Å²) >= 11 is 0. The van der Waals surface area contributed by atoms with E-state index in [-0.39, 0.29) is 5.56 Å². The first-order valence-corrected chi connectivity index (χ1v) is 6.35. The largest absolute Gasteiger partial charge is 0.478 e. The second-order valence-electron chi connectivity index (χ2n) is 4.74. The number of nitrogens with zero attached hydrogens (tertiary/aromatic N) is 1. The normalized spacial score (nSPS) is 10.7. The zero-order valence-electron chi connectivity index (χ0n) is 11.0. The average molecular weight is 263 g/mol. The molecule has 3 nitrogen and oxygen atoms in total. The van der Waals surface area contributed by atoms with Crippen LogP contribution in [0.15, 0.2) is 54.7 Å². The molecule has 0 aliphatic rings. The zero-order chi connectivity index (χ0) is 14.1. The van der Waals surface area contributed by atoms with E-state index in [0.29, 0.717) is 0 Å². The number of pyridine rings is 1. The molecule has 3 aromatic rings. The fourth-order valence-corrected chi connectivity index (χ4v) is 2.38. The van der Waals surface area contributed by atoms with Crippen LogP contribution in [-0.4, -0.2) is 16.1 Å². The van der Waals surface area contributed by atoms with E-state index in [1.165, 1.54) is 6.20 Å². The van der Waals surface area contributed by atoms with E-state index in [0.717, 1.165) is 27.6 Å². The van der Waals surface area contributed by atoms with Crippen molar-refractivity contribution in [2.24, 2.45) is 0 Å². The van der Waals surface area contributed by atoms with Crippen molar-refractivity contribution >= 4 is 16.9 Å². The molecule has 0 unspecified atom stereocenters. The van der Waals surface area contributed by atoms with Crippen molar-refractivity contribution in [2.45, 2.75) is 6.92 Å². The first-order chi connectivity index (χ1) is 9.66. The Labute approximate surface area is 116 Å². The fraction of sp³-hybridized carbons (Fsp3) is 0.0588. The summed E-state index contributed by atoms with van der Waals surface area (Å²) in [5, 5.41) is 10.3. The van der Waals surface area contributed by atoms with E-state index < -0.39 is 5.97 Å². The number of hydrogen-bond acceptors (Lipinski definition) is 2. The first-order valence-electron chi connectivity index (χ1n) is 6.35. The van der Waals surface area contributed by atoms with E-state index in [9.17, 15) is 9.90 Å². The standard InChI is InChI=1S/C17H13NO2/c1-11-7-8-15-13(9-11)16(12-5-3-2-4-6-12)14(10-18-15)17(19)20/h2-10H,1H3,(H,19,20). The number of hydrogen-bond donors (Lipinski definition) is 1. The second kappa shape index (κ2) is 4.78. The summed E-state index contributed by atoms with van der Waals surface area (Å²) in [6.45, 7) is 1.99. The van der Waals surface area contributed by atoms with E-state index in [4.69, 9.17) is 0 Å². The number of aromatic carboxylic acids is 1. The maximum atomic E-state index is 11.5. The molecule has 0 spiro atoms. The van der Waals surface area contributed by atoms with Crippen LogP contribution in [-0.2, 0) is 0 Å². The van der Waals surface area contributed by atoms with E-state index >= 15 is 0 Å². The molecular weight excluding hydrogens is 250 g/mol. The van der Waals surface area contributed by atoms with Gasteiger partial charge in [0.15, 0.2) is 0 Å².